The van der Waals surface area contributed by atoms with Gasteiger partial charge in [-0.15, -0.1) is 0 Å². The van der Waals surface area contributed by atoms with Gasteiger partial charge < -0.3 is 44.1 Å². The van der Waals surface area contributed by atoms with Gasteiger partial charge in [-0.3, -0.25) is 4.79 Å². The second-order valence-corrected chi connectivity index (χ2v) is 12.7. The van der Waals surface area contributed by atoms with Gasteiger partial charge in [0.25, 0.3) is 0 Å². The van der Waals surface area contributed by atoms with E-state index in [1.807, 2.05) is 24.3 Å². The van der Waals surface area contributed by atoms with Crippen molar-refractivity contribution >= 4 is 66.7 Å². The summed E-state index contributed by atoms with van der Waals surface area (Å²) in [6, 6.07) is 9.95. The van der Waals surface area contributed by atoms with Gasteiger partial charge in [0.2, 0.25) is 0 Å². The topological polar surface area (TPSA) is 171 Å². The molecule has 2 atom stereocenters. The molecule has 0 spiro atoms. The van der Waals surface area contributed by atoms with E-state index < -0.39 is 11.6 Å². The highest BCUT2D eigenvalue weighted by Gasteiger charge is 2.47. The number of rotatable bonds is 21. The number of esters is 1. The summed E-state index contributed by atoms with van der Waals surface area (Å²) in [5, 5.41) is 21.0. The Morgan fingerprint density at radius 1 is 1.02 bits per heavy atom. The summed E-state index contributed by atoms with van der Waals surface area (Å²) in [6.07, 6.45) is 10.5. The Kier molecular flexibility index (Phi) is 22.3. The number of para-hydroxylation sites is 1. The number of hydrogen-bond donors (Lipinski definition) is 5. The number of fused-ring (bicyclic) bond motifs is 2. The number of ether oxygens (including phenoxy) is 4. The van der Waals surface area contributed by atoms with Crippen molar-refractivity contribution in [2.45, 2.75) is 75.7 Å². The zero-order valence-electron chi connectivity index (χ0n) is 29.3. The molecule has 0 aliphatic carbocycles. The van der Waals surface area contributed by atoms with E-state index in [9.17, 15) is 19.2 Å². The highest BCUT2D eigenvalue weighted by Crippen LogP contribution is 2.37. The van der Waals surface area contributed by atoms with Crippen LogP contribution in [0.1, 0.15) is 69.5 Å². The number of unbranched alkanes of at least 4 members (excludes halogenated alkanes) is 3. The molecule has 3 N–H and O–H groups in total. The first kappa shape index (κ1) is 44.1. The molecule has 51 heavy (non-hydrogen) atoms. The smallest absolute Gasteiger partial charge is 0.343 e. The van der Waals surface area contributed by atoms with Crippen LogP contribution < -0.4 is 5.32 Å². The van der Waals surface area contributed by atoms with Gasteiger partial charge in [0, 0.05) is 47.8 Å². The highest BCUT2D eigenvalue weighted by atomic mass is 32.1. The highest BCUT2D eigenvalue weighted by molar-refractivity contribution is 7.81. The predicted octanol–water partition coefficient (Wildman–Crippen LogP) is 4.20. The number of aliphatic hydroxyl groups is 2. The SMILES string of the molecule is CCC1(OCOCCCC=O)C(=O)OCC(C=O)=C1/C=C1\NCc2cc3ccccc3nc21.O=CCCCCC(S)CCS.OCCOCCO. The van der Waals surface area contributed by atoms with Crippen molar-refractivity contribution in [2.75, 3.05) is 52.2 Å². The van der Waals surface area contributed by atoms with Crippen molar-refractivity contribution in [3.63, 3.8) is 0 Å². The van der Waals surface area contributed by atoms with Gasteiger partial charge in [0.1, 0.15) is 32.3 Å². The largest absolute Gasteiger partial charge is 0.458 e. The Balaban J connectivity index is 0.000000414. The molecule has 1 aromatic heterocycles. The molecular weight excluding hydrogens is 697 g/mol. The lowest BCUT2D eigenvalue weighted by Crippen LogP contribution is -2.48. The van der Waals surface area contributed by atoms with Crippen molar-refractivity contribution in [2.24, 2.45) is 0 Å². The number of benzene rings is 1. The lowest BCUT2D eigenvalue weighted by molar-refractivity contribution is -0.185. The molecule has 0 saturated carbocycles. The number of nitrogens with one attached hydrogen (secondary N) is 1. The van der Waals surface area contributed by atoms with E-state index in [4.69, 9.17) is 29.4 Å². The lowest BCUT2D eigenvalue weighted by atomic mass is 9.84. The third-order valence-electron chi connectivity index (χ3n) is 7.97. The molecule has 2 aliphatic heterocycles. The Labute approximate surface area is 311 Å². The maximum atomic E-state index is 12.9. The van der Waals surface area contributed by atoms with E-state index in [1.165, 1.54) is 0 Å². The fourth-order valence-corrected chi connectivity index (χ4v) is 6.08. The zero-order valence-corrected chi connectivity index (χ0v) is 31.1. The van der Waals surface area contributed by atoms with Crippen LogP contribution in [0.5, 0.6) is 0 Å². The second-order valence-electron chi connectivity index (χ2n) is 11.6. The van der Waals surface area contributed by atoms with Crippen LogP contribution in [-0.2, 0) is 44.7 Å². The number of aliphatic hydroxyl groups excluding tert-OH is 2. The second kappa shape index (κ2) is 25.8. The first-order chi connectivity index (χ1) is 24.8. The molecule has 0 saturated heterocycles. The minimum atomic E-state index is -1.48. The molecule has 0 radical (unpaired) electrons. The molecule has 2 aliphatic rings. The van der Waals surface area contributed by atoms with Gasteiger partial charge in [-0.1, -0.05) is 31.5 Å². The Morgan fingerprint density at radius 3 is 2.41 bits per heavy atom. The van der Waals surface area contributed by atoms with Crippen LogP contribution in [0.4, 0.5) is 0 Å². The van der Waals surface area contributed by atoms with Crippen molar-refractivity contribution in [3.8, 4) is 0 Å². The molecule has 2 aromatic rings. The van der Waals surface area contributed by atoms with Crippen LogP contribution in [0.15, 0.2) is 47.6 Å². The van der Waals surface area contributed by atoms with Crippen LogP contribution in [0, 0.1) is 0 Å². The number of nitrogens with zero attached hydrogens (tertiary/aromatic N) is 1. The molecule has 1 aromatic carbocycles. The molecule has 0 bridgehead atoms. The van der Waals surface area contributed by atoms with Crippen molar-refractivity contribution in [3.05, 3.63) is 58.8 Å². The molecule has 282 valence electrons. The fraction of sp³-hybridized carbons (Fsp3) is 0.541. The monoisotopic (exact) mass is 748 g/mol. The number of thiol groups is 2. The van der Waals surface area contributed by atoms with Crippen molar-refractivity contribution < 1.29 is 48.3 Å². The summed E-state index contributed by atoms with van der Waals surface area (Å²) in [4.78, 5) is 50.0. The Morgan fingerprint density at radius 2 is 1.75 bits per heavy atom. The average Bonchev–Trinajstić information content (AvgIpc) is 3.53. The van der Waals surface area contributed by atoms with Crippen LogP contribution in [0.3, 0.4) is 0 Å². The van der Waals surface area contributed by atoms with E-state index in [0.29, 0.717) is 74.0 Å². The normalized spacial score (nSPS) is 17.7. The maximum absolute atomic E-state index is 12.9. The lowest BCUT2D eigenvalue weighted by Gasteiger charge is -2.36. The zero-order chi connectivity index (χ0) is 37.3. The molecule has 3 heterocycles. The average molecular weight is 749 g/mol. The van der Waals surface area contributed by atoms with Gasteiger partial charge >= 0.3 is 5.97 Å². The summed E-state index contributed by atoms with van der Waals surface area (Å²) < 4.78 is 21.3. The number of cyclic esters (lactones) is 1. The van der Waals surface area contributed by atoms with Gasteiger partial charge in [0.05, 0.1) is 43.3 Å². The molecule has 14 heteroatoms. The summed E-state index contributed by atoms with van der Waals surface area (Å²) >= 11 is 8.49. The van der Waals surface area contributed by atoms with Crippen LogP contribution in [0.2, 0.25) is 0 Å². The first-order valence-electron chi connectivity index (χ1n) is 17.2. The summed E-state index contributed by atoms with van der Waals surface area (Å²) in [5.41, 5.74) is 2.69. The molecule has 4 rings (SSSR count). The number of aromatic nitrogens is 1. The number of pyridine rings is 1. The summed E-state index contributed by atoms with van der Waals surface area (Å²) in [6.45, 7) is 3.11. The Hall–Kier alpha value is -3.11. The van der Waals surface area contributed by atoms with Crippen LogP contribution >= 0.6 is 25.3 Å². The Bertz CT molecular complexity index is 1430. The summed E-state index contributed by atoms with van der Waals surface area (Å²) in [5.74, 6) is 0.339. The van der Waals surface area contributed by atoms with Gasteiger partial charge in [-0.05, 0) is 61.6 Å². The third-order valence-corrected chi connectivity index (χ3v) is 8.74. The number of hydrogen-bond acceptors (Lipinski definition) is 14. The fourth-order valence-electron chi connectivity index (χ4n) is 5.25. The van der Waals surface area contributed by atoms with E-state index in [2.05, 4.69) is 41.4 Å². The van der Waals surface area contributed by atoms with E-state index in [0.717, 1.165) is 66.2 Å². The van der Waals surface area contributed by atoms with Crippen LogP contribution in [-0.4, -0.2) is 103 Å². The van der Waals surface area contributed by atoms with E-state index >= 15 is 0 Å². The van der Waals surface area contributed by atoms with Crippen LogP contribution in [0.25, 0.3) is 16.6 Å². The minimum absolute atomic E-state index is 0.0278. The number of carbonyl (C=O) groups excluding carboxylic acids is 4. The third kappa shape index (κ3) is 14.4. The van der Waals surface area contributed by atoms with Gasteiger partial charge in [-0.25, -0.2) is 9.78 Å². The maximum Gasteiger partial charge on any atom is 0.343 e. The molecular formula is C37H52N2O10S2. The van der Waals surface area contributed by atoms with E-state index in [1.54, 1.807) is 13.0 Å². The number of carbonyl (C=O) groups is 4. The van der Waals surface area contributed by atoms with Gasteiger partial charge in [-0.2, -0.15) is 25.3 Å². The van der Waals surface area contributed by atoms with Crippen molar-refractivity contribution in [1.82, 2.24) is 10.3 Å². The summed E-state index contributed by atoms with van der Waals surface area (Å²) in [7, 11) is 0. The quantitative estimate of drug-likeness (QED) is 0.0406. The first-order valence-corrected chi connectivity index (χ1v) is 18.4. The number of aldehydes is 3. The minimum Gasteiger partial charge on any atom is -0.458 e. The predicted molar refractivity (Wildman–Crippen MR) is 202 cm³/mol. The molecule has 0 amide bonds. The van der Waals surface area contributed by atoms with Gasteiger partial charge in [0.15, 0.2) is 5.60 Å². The standard InChI is InChI=1S/C25H26N2O6.C8H16OS2.C4H10O3/c1-2-25(33-16-31-10-6-5-9-28)20(19(14-29)15-32-24(25)30)12-22-23-18(13-26-22)11-17-7-3-4-8-21(17)27-23;9-6-3-1-2-4-8(11)5-7-10;5-1-3-7-4-2-6/h3-4,7-9,11-12,14,26H,2,5-6,10,13,15-16H2,1H3;6,8,10-11H,1-5,7H2;5-6H,1-4H2/b22-12-;;. The molecule has 0 fully saturated rings. The van der Waals surface area contributed by atoms with E-state index in [-0.39, 0.29) is 33.0 Å². The molecule has 12 nitrogen and oxygen atoms in total. The van der Waals surface area contributed by atoms with Crippen molar-refractivity contribution in [1.29, 1.82) is 0 Å². The molecule has 2 unspecified atom stereocenters.